The van der Waals surface area contributed by atoms with E-state index < -0.39 is 29.3 Å². The molecule has 1 aromatic carbocycles. The first-order valence-corrected chi connectivity index (χ1v) is 8.81. The van der Waals surface area contributed by atoms with Crippen molar-refractivity contribution in [1.29, 1.82) is 0 Å². The highest BCUT2D eigenvalue weighted by molar-refractivity contribution is 5.85. The Hall–Kier alpha value is -2.77. The second-order valence-electron chi connectivity index (χ2n) is 7.54. The molecule has 0 aliphatic carbocycles. The molecule has 1 aromatic rings. The number of carbonyl (C=O) groups is 3. The van der Waals surface area contributed by atoms with E-state index in [0.29, 0.717) is 0 Å². The molecule has 1 aliphatic heterocycles. The minimum atomic E-state index is -1.46. The average molecular weight is 378 g/mol. The van der Waals surface area contributed by atoms with E-state index in [1.165, 1.54) is 4.90 Å². The van der Waals surface area contributed by atoms with Crippen molar-refractivity contribution in [2.45, 2.75) is 51.4 Å². The van der Waals surface area contributed by atoms with Crippen molar-refractivity contribution in [2.24, 2.45) is 0 Å². The van der Waals surface area contributed by atoms with Gasteiger partial charge in [-0.25, -0.2) is 14.4 Å². The lowest BCUT2D eigenvalue weighted by atomic mass is 9.88. The predicted molar refractivity (Wildman–Crippen MR) is 97.2 cm³/mol. The minimum Gasteiger partial charge on any atom is -0.480 e. The summed E-state index contributed by atoms with van der Waals surface area (Å²) in [6.07, 6.45) is -1.15. The first kappa shape index (κ1) is 20.5. The van der Waals surface area contributed by atoms with Crippen LogP contribution in [0.15, 0.2) is 30.3 Å². The third-order valence-electron chi connectivity index (χ3n) is 4.23. The first-order valence-electron chi connectivity index (χ1n) is 8.81. The summed E-state index contributed by atoms with van der Waals surface area (Å²) < 4.78 is 10.4. The summed E-state index contributed by atoms with van der Waals surface area (Å²) in [6, 6.07) is 9.29. The number of rotatable bonds is 4. The van der Waals surface area contributed by atoms with Crippen molar-refractivity contribution in [2.75, 3.05) is 13.1 Å². The molecule has 1 fully saturated rings. The maximum atomic E-state index is 12.2. The van der Waals surface area contributed by atoms with Gasteiger partial charge in [0.2, 0.25) is 0 Å². The quantitative estimate of drug-likeness (QED) is 0.835. The number of alkyl carbamates (subject to hydrolysis) is 1. The van der Waals surface area contributed by atoms with Gasteiger partial charge >= 0.3 is 18.2 Å². The minimum absolute atomic E-state index is 0.0714. The van der Waals surface area contributed by atoms with E-state index in [1.807, 2.05) is 30.3 Å². The van der Waals surface area contributed by atoms with Crippen LogP contribution in [0.3, 0.4) is 0 Å². The fraction of sp³-hybridized carbons (Fsp3) is 0.526. The molecule has 27 heavy (non-hydrogen) atoms. The Morgan fingerprint density at radius 3 is 2.26 bits per heavy atom. The third-order valence-corrected chi connectivity index (χ3v) is 4.23. The van der Waals surface area contributed by atoms with Gasteiger partial charge in [0.05, 0.1) is 0 Å². The Bertz CT molecular complexity index is 675. The third kappa shape index (κ3) is 5.87. The number of nitrogens with zero attached hydrogens (tertiary/aromatic N) is 1. The molecule has 0 aromatic heterocycles. The molecule has 0 radical (unpaired) electrons. The molecule has 8 nitrogen and oxygen atoms in total. The molecule has 1 aliphatic rings. The summed E-state index contributed by atoms with van der Waals surface area (Å²) in [5.41, 5.74) is -1.32. The smallest absolute Gasteiger partial charge is 0.410 e. The van der Waals surface area contributed by atoms with Crippen LogP contribution >= 0.6 is 0 Å². The highest BCUT2D eigenvalue weighted by atomic mass is 16.6. The Morgan fingerprint density at radius 2 is 1.74 bits per heavy atom. The summed E-state index contributed by atoms with van der Waals surface area (Å²) in [5.74, 6) is -1.15. The molecule has 2 N–H and O–H groups in total. The second kappa shape index (κ2) is 8.28. The zero-order valence-corrected chi connectivity index (χ0v) is 15.9. The lowest BCUT2D eigenvalue weighted by molar-refractivity contribution is -0.147. The lowest BCUT2D eigenvalue weighted by Crippen LogP contribution is -2.61. The van der Waals surface area contributed by atoms with Crippen molar-refractivity contribution < 1.29 is 29.0 Å². The highest BCUT2D eigenvalue weighted by Crippen LogP contribution is 2.24. The number of hydrogen-bond donors (Lipinski definition) is 2. The van der Waals surface area contributed by atoms with Crippen molar-refractivity contribution in [1.82, 2.24) is 10.2 Å². The number of carboxylic acid groups (broad SMARTS) is 1. The fourth-order valence-corrected chi connectivity index (χ4v) is 2.77. The SMILES string of the molecule is CC(C)(C)OC(=O)NC1(C(=O)O)CCN(C(=O)OCc2ccccc2)CC1. The molecular formula is C19H26N2O6. The second-order valence-corrected chi connectivity index (χ2v) is 7.54. The van der Waals surface area contributed by atoms with E-state index in [9.17, 15) is 19.5 Å². The normalized spacial score (nSPS) is 16.3. The molecule has 0 spiro atoms. The van der Waals surface area contributed by atoms with Gasteiger partial charge in [-0.3, -0.25) is 0 Å². The van der Waals surface area contributed by atoms with Crippen molar-refractivity contribution in [3.05, 3.63) is 35.9 Å². The van der Waals surface area contributed by atoms with Gasteiger partial charge in [0.15, 0.2) is 0 Å². The first-order chi connectivity index (χ1) is 12.6. The lowest BCUT2D eigenvalue weighted by Gasteiger charge is -2.38. The Morgan fingerprint density at radius 1 is 1.15 bits per heavy atom. The largest absolute Gasteiger partial charge is 0.480 e. The number of carboxylic acids is 1. The zero-order valence-electron chi connectivity index (χ0n) is 15.9. The van der Waals surface area contributed by atoms with Gasteiger partial charge in [-0.15, -0.1) is 0 Å². The molecule has 0 saturated carbocycles. The summed E-state index contributed by atoms with van der Waals surface area (Å²) in [4.78, 5) is 37.4. The number of benzene rings is 1. The monoisotopic (exact) mass is 378 g/mol. The molecule has 1 heterocycles. The summed E-state index contributed by atoms with van der Waals surface area (Å²) in [7, 11) is 0. The number of carbonyl (C=O) groups excluding carboxylic acids is 2. The molecule has 2 amide bonds. The van der Waals surface area contributed by atoms with Crippen LogP contribution in [-0.2, 0) is 20.9 Å². The number of likely N-dealkylation sites (tertiary alicyclic amines) is 1. The molecule has 8 heteroatoms. The van der Waals surface area contributed by atoms with Gasteiger partial charge in [0, 0.05) is 13.1 Å². The van der Waals surface area contributed by atoms with Crippen LogP contribution < -0.4 is 5.32 Å². The zero-order chi connectivity index (χ0) is 20.1. The van der Waals surface area contributed by atoms with E-state index in [4.69, 9.17) is 9.47 Å². The van der Waals surface area contributed by atoms with E-state index >= 15 is 0 Å². The number of nitrogens with one attached hydrogen (secondary N) is 1. The predicted octanol–water partition coefficient (Wildman–Crippen LogP) is 2.77. The van der Waals surface area contributed by atoms with Crippen molar-refractivity contribution >= 4 is 18.2 Å². The summed E-state index contributed by atoms with van der Waals surface area (Å²) >= 11 is 0. The highest BCUT2D eigenvalue weighted by Gasteiger charge is 2.45. The van der Waals surface area contributed by atoms with Gasteiger partial charge < -0.3 is 24.8 Å². The van der Waals surface area contributed by atoms with Gasteiger partial charge in [-0.2, -0.15) is 0 Å². The van der Waals surface area contributed by atoms with Crippen LogP contribution in [0.1, 0.15) is 39.2 Å². The Balaban J connectivity index is 1.90. The van der Waals surface area contributed by atoms with E-state index in [0.717, 1.165) is 5.56 Å². The van der Waals surface area contributed by atoms with Crippen LogP contribution in [0.5, 0.6) is 0 Å². The van der Waals surface area contributed by atoms with Crippen molar-refractivity contribution in [3.8, 4) is 0 Å². The van der Waals surface area contributed by atoms with Gasteiger partial charge in [0.1, 0.15) is 17.7 Å². The molecule has 148 valence electrons. The molecule has 1 saturated heterocycles. The van der Waals surface area contributed by atoms with Gasteiger partial charge in [0.25, 0.3) is 0 Å². The van der Waals surface area contributed by atoms with Crippen LogP contribution in [0.25, 0.3) is 0 Å². The fourth-order valence-electron chi connectivity index (χ4n) is 2.77. The van der Waals surface area contributed by atoms with Crippen LogP contribution in [0.2, 0.25) is 0 Å². The van der Waals surface area contributed by atoms with E-state index in [-0.39, 0.29) is 32.5 Å². The van der Waals surface area contributed by atoms with E-state index in [1.54, 1.807) is 20.8 Å². The molecule has 0 atom stereocenters. The van der Waals surface area contributed by atoms with Crippen LogP contribution in [0, 0.1) is 0 Å². The maximum absolute atomic E-state index is 12.2. The number of piperidine rings is 1. The van der Waals surface area contributed by atoms with Crippen LogP contribution in [-0.4, -0.2) is 52.4 Å². The van der Waals surface area contributed by atoms with Crippen molar-refractivity contribution in [3.63, 3.8) is 0 Å². The standard InChI is InChI=1S/C19H26N2O6/c1-18(2,3)27-16(24)20-19(15(22)23)9-11-21(12-10-19)17(25)26-13-14-7-5-4-6-8-14/h4-8H,9-13H2,1-3H3,(H,20,24)(H,22,23). The molecule has 0 bridgehead atoms. The summed E-state index contributed by atoms with van der Waals surface area (Å²) in [6.45, 7) is 5.57. The van der Waals surface area contributed by atoms with Crippen LogP contribution in [0.4, 0.5) is 9.59 Å². The van der Waals surface area contributed by atoms with Gasteiger partial charge in [-0.1, -0.05) is 30.3 Å². The number of aliphatic carboxylic acids is 1. The number of ether oxygens (including phenoxy) is 2. The average Bonchev–Trinajstić information content (AvgIpc) is 2.59. The number of amides is 2. The van der Waals surface area contributed by atoms with E-state index in [2.05, 4.69) is 5.32 Å². The van der Waals surface area contributed by atoms with Gasteiger partial charge in [-0.05, 0) is 39.2 Å². The Kier molecular flexibility index (Phi) is 6.30. The molecular weight excluding hydrogens is 352 g/mol. The summed E-state index contributed by atoms with van der Waals surface area (Å²) in [5, 5.41) is 12.1. The molecule has 0 unspecified atom stereocenters. The molecule has 2 rings (SSSR count). The topological polar surface area (TPSA) is 105 Å². The number of hydrogen-bond acceptors (Lipinski definition) is 5. The maximum Gasteiger partial charge on any atom is 0.410 e. The Labute approximate surface area is 158 Å².